The SMILES string of the molecule is Cc1cc(-c2c(C)ccc3c2oc2ncccc23)[n+](C)cc1C(C)C. The fourth-order valence-corrected chi connectivity index (χ4v) is 3.71. The molecule has 1 aromatic carbocycles. The monoisotopic (exact) mass is 331 g/mol. The van der Waals surface area contributed by atoms with Crippen molar-refractivity contribution < 1.29 is 8.98 Å². The van der Waals surface area contributed by atoms with Gasteiger partial charge in [-0.3, -0.25) is 0 Å². The van der Waals surface area contributed by atoms with Gasteiger partial charge in [-0.2, -0.15) is 0 Å². The summed E-state index contributed by atoms with van der Waals surface area (Å²) in [5.41, 5.74) is 7.83. The number of fused-ring (bicyclic) bond motifs is 3. The first-order valence-electron chi connectivity index (χ1n) is 8.74. The summed E-state index contributed by atoms with van der Waals surface area (Å²) in [6.07, 6.45) is 4.02. The van der Waals surface area contributed by atoms with E-state index in [4.69, 9.17) is 4.42 Å². The standard InChI is InChI=1S/C22H23N2O/c1-13(2)18-12-24(5)19(11-15(18)4)20-14(3)8-9-16-17-7-6-10-23-22(17)25-21(16)20/h6-13H,1-5H3/q+1. The fourth-order valence-electron chi connectivity index (χ4n) is 3.71. The van der Waals surface area contributed by atoms with Crippen LogP contribution in [0.2, 0.25) is 0 Å². The second kappa shape index (κ2) is 5.69. The van der Waals surface area contributed by atoms with E-state index in [-0.39, 0.29) is 0 Å². The van der Waals surface area contributed by atoms with E-state index < -0.39 is 0 Å². The van der Waals surface area contributed by atoms with E-state index in [1.165, 1.54) is 22.4 Å². The lowest BCUT2D eigenvalue weighted by atomic mass is 9.96. The largest absolute Gasteiger partial charge is 0.437 e. The number of benzene rings is 1. The van der Waals surface area contributed by atoms with Gasteiger partial charge in [0.1, 0.15) is 7.05 Å². The molecule has 3 aromatic heterocycles. The van der Waals surface area contributed by atoms with Crippen molar-refractivity contribution in [2.75, 3.05) is 0 Å². The summed E-state index contributed by atoms with van der Waals surface area (Å²) in [5.74, 6) is 0.507. The van der Waals surface area contributed by atoms with E-state index in [0.29, 0.717) is 11.6 Å². The summed E-state index contributed by atoms with van der Waals surface area (Å²) in [7, 11) is 2.11. The highest BCUT2D eigenvalue weighted by Crippen LogP contribution is 2.36. The van der Waals surface area contributed by atoms with Gasteiger partial charge in [0.05, 0.1) is 5.56 Å². The molecule has 0 saturated heterocycles. The molecule has 4 aromatic rings. The first kappa shape index (κ1) is 15.8. The van der Waals surface area contributed by atoms with Crippen LogP contribution < -0.4 is 4.57 Å². The van der Waals surface area contributed by atoms with Crippen molar-refractivity contribution in [2.45, 2.75) is 33.6 Å². The van der Waals surface area contributed by atoms with Crippen molar-refractivity contribution in [3.8, 4) is 11.3 Å². The second-order valence-corrected chi connectivity index (χ2v) is 7.15. The van der Waals surface area contributed by atoms with E-state index in [9.17, 15) is 0 Å². The Morgan fingerprint density at radius 3 is 2.60 bits per heavy atom. The molecule has 0 N–H and O–H groups in total. The molecule has 0 aliphatic carbocycles. The van der Waals surface area contributed by atoms with Crippen molar-refractivity contribution in [1.29, 1.82) is 0 Å². The summed E-state index contributed by atoms with van der Waals surface area (Å²) < 4.78 is 8.38. The average molecular weight is 331 g/mol. The van der Waals surface area contributed by atoms with Crippen LogP contribution in [0.3, 0.4) is 0 Å². The molecule has 0 spiro atoms. The minimum atomic E-state index is 0.507. The number of hydrogen-bond acceptors (Lipinski definition) is 2. The molecule has 4 rings (SSSR count). The smallest absolute Gasteiger partial charge is 0.227 e. The molecule has 0 bridgehead atoms. The van der Waals surface area contributed by atoms with Gasteiger partial charge < -0.3 is 4.42 Å². The maximum Gasteiger partial charge on any atom is 0.227 e. The summed E-state index contributed by atoms with van der Waals surface area (Å²) in [6, 6.07) is 10.6. The van der Waals surface area contributed by atoms with Gasteiger partial charge in [-0.25, -0.2) is 9.55 Å². The van der Waals surface area contributed by atoms with Gasteiger partial charge in [0, 0.05) is 28.6 Å². The third-order valence-corrected chi connectivity index (χ3v) is 5.03. The molecular formula is C22H23N2O+. The lowest BCUT2D eigenvalue weighted by Gasteiger charge is -2.11. The maximum absolute atomic E-state index is 6.17. The predicted molar refractivity (Wildman–Crippen MR) is 102 cm³/mol. The topological polar surface area (TPSA) is 29.9 Å². The Morgan fingerprint density at radius 2 is 1.84 bits per heavy atom. The van der Waals surface area contributed by atoms with E-state index >= 15 is 0 Å². The third kappa shape index (κ3) is 2.42. The van der Waals surface area contributed by atoms with Gasteiger partial charge in [0.2, 0.25) is 11.4 Å². The van der Waals surface area contributed by atoms with Crippen LogP contribution in [0.4, 0.5) is 0 Å². The molecule has 0 radical (unpaired) electrons. The number of aryl methyl sites for hydroxylation is 3. The van der Waals surface area contributed by atoms with Crippen molar-refractivity contribution in [3.63, 3.8) is 0 Å². The second-order valence-electron chi connectivity index (χ2n) is 7.15. The van der Waals surface area contributed by atoms with Crippen LogP contribution in [0.25, 0.3) is 33.3 Å². The van der Waals surface area contributed by atoms with Crippen LogP contribution in [0, 0.1) is 13.8 Å². The van der Waals surface area contributed by atoms with Crippen molar-refractivity contribution >= 4 is 22.1 Å². The first-order chi connectivity index (χ1) is 12.0. The lowest BCUT2D eigenvalue weighted by molar-refractivity contribution is -0.660. The minimum Gasteiger partial charge on any atom is -0.437 e. The van der Waals surface area contributed by atoms with Gasteiger partial charge in [-0.05, 0) is 43.0 Å². The van der Waals surface area contributed by atoms with E-state index in [0.717, 1.165) is 21.9 Å². The zero-order valence-corrected chi connectivity index (χ0v) is 15.4. The molecule has 3 heteroatoms. The quantitative estimate of drug-likeness (QED) is 0.472. The Labute approximate surface area is 147 Å². The Balaban J connectivity index is 2.07. The van der Waals surface area contributed by atoms with Gasteiger partial charge in [-0.1, -0.05) is 26.0 Å². The summed E-state index contributed by atoms with van der Waals surface area (Å²) >= 11 is 0. The maximum atomic E-state index is 6.17. The van der Waals surface area contributed by atoms with Gasteiger partial charge >= 0.3 is 0 Å². The fraction of sp³-hybridized carbons (Fsp3) is 0.273. The normalized spacial score (nSPS) is 11.8. The van der Waals surface area contributed by atoms with Crippen molar-refractivity contribution in [2.24, 2.45) is 7.05 Å². The highest BCUT2D eigenvalue weighted by molar-refractivity contribution is 6.08. The number of hydrogen-bond donors (Lipinski definition) is 0. The Morgan fingerprint density at radius 1 is 1.04 bits per heavy atom. The molecular weight excluding hydrogens is 308 g/mol. The Kier molecular flexibility index (Phi) is 3.60. The zero-order valence-electron chi connectivity index (χ0n) is 15.4. The predicted octanol–water partition coefficient (Wildman–Crippen LogP) is 5.21. The van der Waals surface area contributed by atoms with Crippen LogP contribution in [0.1, 0.15) is 36.5 Å². The number of furan rings is 1. The van der Waals surface area contributed by atoms with E-state index in [1.807, 2.05) is 6.07 Å². The van der Waals surface area contributed by atoms with Crippen LogP contribution >= 0.6 is 0 Å². The molecule has 0 unspecified atom stereocenters. The Hall–Kier alpha value is -2.68. The molecule has 0 aliphatic rings. The minimum absolute atomic E-state index is 0.507. The molecule has 0 aliphatic heterocycles. The first-order valence-corrected chi connectivity index (χ1v) is 8.74. The molecule has 0 saturated carbocycles. The van der Waals surface area contributed by atoms with Crippen LogP contribution in [-0.4, -0.2) is 4.98 Å². The number of nitrogens with zero attached hydrogens (tertiary/aromatic N) is 2. The van der Waals surface area contributed by atoms with Crippen molar-refractivity contribution in [3.05, 3.63) is 59.4 Å². The van der Waals surface area contributed by atoms with Gasteiger partial charge in [-0.15, -0.1) is 0 Å². The molecule has 3 nitrogen and oxygen atoms in total. The van der Waals surface area contributed by atoms with Crippen LogP contribution in [-0.2, 0) is 7.05 Å². The highest BCUT2D eigenvalue weighted by Gasteiger charge is 2.22. The Bertz CT molecular complexity index is 1110. The van der Waals surface area contributed by atoms with Crippen molar-refractivity contribution in [1.82, 2.24) is 4.98 Å². The van der Waals surface area contributed by atoms with Crippen LogP contribution in [0.15, 0.2) is 47.1 Å². The molecule has 25 heavy (non-hydrogen) atoms. The molecule has 0 amide bonds. The summed E-state index contributed by atoms with van der Waals surface area (Å²) in [5, 5.41) is 2.19. The average Bonchev–Trinajstić information content (AvgIpc) is 2.95. The molecule has 3 heterocycles. The zero-order chi connectivity index (χ0) is 17.7. The highest BCUT2D eigenvalue weighted by atomic mass is 16.3. The third-order valence-electron chi connectivity index (χ3n) is 5.03. The summed E-state index contributed by atoms with van der Waals surface area (Å²) in [4.78, 5) is 4.39. The van der Waals surface area contributed by atoms with Gasteiger partial charge in [0.25, 0.3) is 0 Å². The van der Waals surface area contributed by atoms with E-state index in [1.54, 1.807) is 6.20 Å². The molecule has 0 fully saturated rings. The summed E-state index contributed by atoms with van der Waals surface area (Å²) in [6.45, 7) is 8.80. The number of pyridine rings is 2. The number of rotatable bonds is 2. The van der Waals surface area contributed by atoms with Crippen LogP contribution in [0.5, 0.6) is 0 Å². The van der Waals surface area contributed by atoms with E-state index in [2.05, 4.69) is 74.8 Å². The molecule has 126 valence electrons. The number of aromatic nitrogens is 2. The lowest BCUT2D eigenvalue weighted by Crippen LogP contribution is -2.32. The molecule has 0 atom stereocenters. The van der Waals surface area contributed by atoms with Gasteiger partial charge in [0.15, 0.2) is 11.8 Å².